The van der Waals surface area contributed by atoms with Crippen molar-refractivity contribution in [2.24, 2.45) is 0 Å². The van der Waals surface area contributed by atoms with Crippen LogP contribution in [0.15, 0.2) is 42.5 Å². The quantitative estimate of drug-likeness (QED) is 0.785. The third kappa shape index (κ3) is 1.80. The van der Waals surface area contributed by atoms with Gasteiger partial charge in [-0.15, -0.1) is 0 Å². The van der Waals surface area contributed by atoms with E-state index in [0.29, 0.717) is 15.0 Å². The van der Waals surface area contributed by atoms with E-state index in [1.54, 1.807) is 7.11 Å². The molecule has 0 N–H and O–H groups in total. The number of hydrogen-bond donors (Lipinski definition) is 0. The summed E-state index contributed by atoms with van der Waals surface area (Å²) in [4.78, 5) is 2.37. The molecular weight excluding hydrogens is 289 g/mol. The Balaban J connectivity index is 2.15. The van der Waals surface area contributed by atoms with E-state index in [4.69, 9.17) is 4.74 Å². The van der Waals surface area contributed by atoms with Gasteiger partial charge in [0.25, 0.3) is 0 Å². The number of anilines is 2. The Morgan fingerprint density at radius 2 is 1.83 bits per heavy atom. The molecule has 3 rings (SSSR count). The van der Waals surface area contributed by atoms with Crippen LogP contribution >= 0.6 is 0 Å². The minimum absolute atomic E-state index is 0.393. The molecule has 1 heterocycles. The van der Waals surface area contributed by atoms with E-state index in [9.17, 15) is 0 Å². The summed E-state index contributed by atoms with van der Waals surface area (Å²) in [5.41, 5.74) is 2.65. The van der Waals surface area contributed by atoms with Gasteiger partial charge >= 0.3 is 114 Å². The maximum absolute atomic E-state index is 5.34. The number of para-hydroxylation sites is 1. The van der Waals surface area contributed by atoms with Crippen LogP contribution in [0.2, 0.25) is 0 Å². The van der Waals surface area contributed by atoms with Gasteiger partial charge < -0.3 is 0 Å². The van der Waals surface area contributed by atoms with Crippen molar-refractivity contribution in [3.63, 3.8) is 0 Å². The van der Waals surface area contributed by atoms with Gasteiger partial charge in [0.2, 0.25) is 0 Å². The van der Waals surface area contributed by atoms with Gasteiger partial charge in [0.15, 0.2) is 0 Å². The van der Waals surface area contributed by atoms with E-state index >= 15 is 0 Å². The first-order valence-corrected chi connectivity index (χ1v) is 7.77. The molecule has 0 fully saturated rings. The van der Waals surface area contributed by atoms with E-state index in [1.807, 2.05) is 0 Å². The molecule has 0 radical (unpaired) electrons. The summed E-state index contributed by atoms with van der Waals surface area (Å²) in [6.45, 7) is 3.17. The molecule has 1 aliphatic rings. The zero-order valence-electron chi connectivity index (χ0n) is 10.5. The summed E-state index contributed by atoms with van der Waals surface area (Å²) >= 11 is 0.393. The number of benzene rings is 2. The molecule has 2 aromatic carbocycles. The van der Waals surface area contributed by atoms with E-state index in [-0.39, 0.29) is 0 Å². The van der Waals surface area contributed by atoms with Crippen molar-refractivity contribution in [2.45, 2.75) is 6.92 Å². The van der Waals surface area contributed by atoms with E-state index in [2.05, 4.69) is 54.3 Å². The van der Waals surface area contributed by atoms with Crippen LogP contribution in [0.5, 0.6) is 5.75 Å². The number of methoxy groups -OCH3 is 1. The number of nitrogens with zero attached hydrogens (tertiary/aromatic N) is 1. The number of rotatable bonds is 2. The Morgan fingerprint density at radius 1 is 1.06 bits per heavy atom. The average Bonchev–Trinajstić information content (AvgIpc) is 2.44. The molecule has 0 bridgehead atoms. The fraction of sp³-hybridized carbons (Fsp3) is 0.200. The predicted molar refractivity (Wildman–Crippen MR) is 77.1 cm³/mol. The summed E-state index contributed by atoms with van der Waals surface area (Å²) in [5, 5.41) is 0. The molecule has 0 aromatic heterocycles. The molecule has 2 nitrogen and oxygen atoms in total. The second-order valence-electron chi connectivity index (χ2n) is 4.15. The Labute approximate surface area is 114 Å². The Kier molecular flexibility index (Phi) is 3.02. The zero-order chi connectivity index (χ0) is 12.5. The monoisotopic (exact) mass is 305 g/mol. The van der Waals surface area contributed by atoms with Crippen LogP contribution in [0.1, 0.15) is 6.92 Å². The molecule has 2 aromatic rings. The topological polar surface area (TPSA) is 12.5 Å². The van der Waals surface area contributed by atoms with Gasteiger partial charge in [-0.25, -0.2) is 0 Å². The fourth-order valence-corrected chi connectivity index (χ4v) is 4.53. The second-order valence-corrected chi connectivity index (χ2v) is 6.42. The van der Waals surface area contributed by atoms with Crippen molar-refractivity contribution in [1.29, 1.82) is 0 Å². The van der Waals surface area contributed by atoms with Crippen LogP contribution in [0.25, 0.3) is 0 Å². The molecule has 0 saturated heterocycles. The van der Waals surface area contributed by atoms with E-state index < -0.39 is 0 Å². The van der Waals surface area contributed by atoms with Crippen LogP contribution in [-0.2, 0) is 0 Å². The summed E-state index contributed by atoms with van der Waals surface area (Å²) in [7, 11) is 1.72. The number of fused-ring (bicyclic) bond motifs is 2. The minimum atomic E-state index is 0.393. The first kappa shape index (κ1) is 11.6. The molecule has 18 heavy (non-hydrogen) atoms. The van der Waals surface area contributed by atoms with Crippen LogP contribution in [0, 0.1) is 0 Å². The van der Waals surface area contributed by atoms with Gasteiger partial charge in [-0.2, -0.15) is 0 Å². The first-order valence-electron chi connectivity index (χ1n) is 6.06. The van der Waals surface area contributed by atoms with Crippen LogP contribution in [0.3, 0.4) is 0 Å². The van der Waals surface area contributed by atoms with Crippen LogP contribution in [0.4, 0.5) is 11.4 Å². The van der Waals surface area contributed by atoms with Gasteiger partial charge in [-0.3, -0.25) is 0 Å². The number of ether oxygens (including phenoxy) is 1. The second kappa shape index (κ2) is 4.68. The van der Waals surface area contributed by atoms with Gasteiger partial charge in [-0.05, 0) is 0 Å². The third-order valence-electron chi connectivity index (χ3n) is 3.15. The standard InChI is InChI=1S/C15H15NOSe/c1-3-16-12-6-4-5-7-14(12)18-15-9-8-11(17-2)10-13(15)16/h4-10H,3H2,1-2H3. The summed E-state index contributed by atoms with van der Waals surface area (Å²) in [6.07, 6.45) is 0. The summed E-state index contributed by atoms with van der Waals surface area (Å²) < 4.78 is 8.24. The van der Waals surface area contributed by atoms with Gasteiger partial charge in [0.1, 0.15) is 0 Å². The normalized spacial score (nSPS) is 12.9. The van der Waals surface area contributed by atoms with Crippen LogP contribution < -0.4 is 18.6 Å². The Morgan fingerprint density at radius 3 is 2.61 bits per heavy atom. The molecule has 0 atom stereocenters. The molecule has 0 spiro atoms. The Bertz CT molecular complexity index is 582. The van der Waals surface area contributed by atoms with Gasteiger partial charge in [0, 0.05) is 0 Å². The Hall–Kier alpha value is -1.44. The number of hydrogen-bond acceptors (Lipinski definition) is 2. The van der Waals surface area contributed by atoms with Crippen molar-refractivity contribution < 1.29 is 4.74 Å². The van der Waals surface area contributed by atoms with Crippen LogP contribution in [-0.4, -0.2) is 28.6 Å². The summed E-state index contributed by atoms with van der Waals surface area (Å²) in [6, 6.07) is 15.1. The first-order chi connectivity index (χ1) is 8.83. The van der Waals surface area contributed by atoms with Crippen molar-refractivity contribution >= 4 is 35.3 Å². The zero-order valence-corrected chi connectivity index (χ0v) is 12.2. The third-order valence-corrected chi connectivity index (χ3v) is 5.52. The van der Waals surface area contributed by atoms with Gasteiger partial charge in [-0.1, -0.05) is 0 Å². The molecule has 0 saturated carbocycles. The van der Waals surface area contributed by atoms with E-state index in [1.165, 1.54) is 20.3 Å². The van der Waals surface area contributed by atoms with Gasteiger partial charge in [0.05, 0.1) is 0 Å². The van der Waals surface area contributed by atoms with Crippen molar-refractivity contribution in [3.8, 4) is 5.75 Å². The molecule has 92 valence electrons. The molecule has 0 unspecified atom stereocenters. The van der Waals surface area contributed by atoms with Crippen molar-refractivity contribution in [2.75, 3.05) is 18.6 Å². The fourth-order valence-electron chi connectivity index (χ4n) is 2.28. The molecule has 3 heteroatoms. The predicted octanol–water partition coefficient (Wildman–Crippen LogP) is 1.82. The molecule has 0 aliphatic carbocycles. The average molecular weight is 304 g/mol. The molecule has 0 amide bonds. The summed E-state index contributed by atoms with van der Waals surface area (Å²) in [5.74, 6) is 0.933. The molecular formula is C15H15NOSe. The van der Waals surface area contributed by atoms with E-state index in [0.717, 1.165) is 12.3 Å². The van der Waals surface area contributed by atoms with Crippen molar-refractivity contribution in [1.82, 2.24) is 0 Å². The molecule has 1 aliphatic heterocycles. The van der Waals surface area contributed by atoms with Crippen molar-refractivity contribution in [3.05, 3.63) is 42.5 Å². The SMILES string of the molecule is CCN1c2ccccc2[Se]c2ccc(OC)cc21. The maximum atomic E-state index is 5.34.